The van der Waals surface area contributed by atoms with Crippen LogP contribution in [0.25, 0.3) is 0 Å². The minimum Gasteiger partial charge on any atom is -0.297 e. The molecule has 0 amide bonds. The van der Waals surface area contributed by atoms with Crippen molar-refractivity contribution in [2.75, 3.05) is 26.2 Å². The van der Waals surface area contributed by atoms with E-state index in [9.17, 15) is 9.59 Å². The second kappa shape index (κ2) is 12.1. The van der Waals surface area contributed by atoms with Gasteiger partial charge < -0.3 is 0 Å². The first-order chi connectivity index (χ1) is 18.4. The van der Waals surface area contributed by atoms with E-state index in [4.69, 9.17) is 23.2 Å². The van der Waals surface area contributed by atoms with Crippen molar-refractivity contribution in [2.24, 2.45) is 0 Å². The highest BCUT2D eigenvalue weighted by Crippen LogP contribution is 2.18. The van der Waals surface area contributed by atoms with E-state index in [2.05, 4.69) is 9.80 Å². The van der Waals surface area contributed by atoms with Crippen molar-refractivity contribution in [1.29, 1.82) is 0 Å². The molecule has 0 aromatic heterocycles. The third-order valence-corrected chi connectivity index (χ3v) is 7.43. The average Bonchev–Trinajstić information content (AvgIpc) is 2.95. The molecule has 0 aliphatic carbocycles. The molecule has 5 rings (SSSR count). The lowest BCUT2D eigenvalue weighted by atomic mass is 10.0. The van der Waals surface area contributed by atoms with Crippen LogP contribution in [0.5, 0.6) is 0 Å². The van der Waals surface area contributed by atoms with Crippen molar-refractivity contribution in [1.82, 2.24) is 9.80 Å². The monoisotopic (exact) mass is 542 g/mol. The summed E-state index contributed by atoms with van der Waals surface area (Å²) in [5.74, 6) is 0.00779. The van der Waals surface area contributed by atoms with E-state index in [1.54, 1.807) is 48.5 Å². The van der Waals surface area contributed by atoms with Crippen LogP contribution in [0.1, 0.15) is 43.0 Å². The molecule has 0 N–H and O–H groups in total. The number of hydrogen-bond donors (Lipinski definition) is 0. The second-order valence-corrected chi connectivity index (χ2v) is 10.5. The van der Waals surface area contributed by atoms with E-state index in [-0.39, 0.29) is 11.6 Å². The summed E-state index contributed by atoms with van der Waals surface area (Å²) in [6.45, 7) is 5.67. The molecule has 1 fully saturated rings. The largest absolute Gasteiger partial charge is 0.297 e. The molecular formula is C32H28Cl2N2O2. The summed E-state index contributed by atoms with van der Waals surface area (Å²) in [4.78, 5) is 30.3. The van der Waals surface area contributed by atoms with Crippen molar-refractivity contribution in [3.05, 3.63) is 140 Å². The summed E-state index contributed by atoms with van der Waals surface area (Å²) < 4.78 is 0. The van der Waals surface area contributed by atoms with E-state index >= 15 is 0 Å². The molecule has 0 radical (unpaired) electrons. The Labute approximate surface area is 233 Å². The van der Waals surface area contributed by atoms with Crippen molar-refractivity contribution < 1.29 is 9.59 Å². The maximum Gasteiger partial charge on any atom is 0.193 e. The Bertz CT molecular complexity index is 1280. The highest BCUT2D eigenvalue weighted by Gasteiger charge is 2.18. The van der Waals surface area contributed by atoms with Gasteiger partial charge in [-0.2, -0.15) is 0 Å². The molecule has 1 aliphatic heterocycles. The zero-order valence-electron chi connectivity index (χ0n) is 20.9. The van der Waals surface area contributed by atoms with Gasteiger partial charge in [0.25, 0.3) is 0 Å². The summed E-state index contributed by atoms with van der Waals surface area (Å²) in [5.41, 5.74) is 5.05. The minimum atomic E-state index is 0.00390. The fourth-order valence-electron chi connectivity index (χ4n) is 4.68. The number of hydrogen-bond acceptors (Lipinski definition) is 4. The molecule has 4 nitrogen and oxygen atoms in total. The van der Waals surface area contributed by atoms with E-state index in [1.807, 2.05) is 48.5 Å². The molecule has 38 heavy (non-hydrogen) atoms. The van der Waals surface area contributed by atoms with Crippen LogP contribution < -0.4 is 0 Å². The van der Waals surface area contributed by atoms with Crippen molar-refractivity contribution in [2.45, 2.75) is 13.1 Å². The van der Waals surface area contributed by atoms with Gasteiger partial charge in [0.15, 0.2) is 11.6 Å². The van der Waals surface area contributed by atoms with Gasteiger partial charge in [0, 0.05) is 71.6 Å². The standard InChI is InChI=1S/C32H28Cl2N2O2/c33-29-13-9-27(10-14-29)31(37)25-5-1-23(2-6-25)21-35-17-19-36(20-18-35)22-24-3-7-26(8-4-24)32(38)28-11-15-30(34)16-12-28/h1-16H,17-22H2. The Balaban J connectivity index is 1.10. The van der Waals surface area contributed by atoms with Crippen molar-refractivity contribution >= 4 is 34.8 Å². The number of piperazine rings is 1. The number of nitrogens with zero attached hydrogens (tertiary/aromatic N) is 2. The number of ketones is 2. The maximum absolute atomic E-state index is 12.7. The number of benzene rings is 4. The van der Waals surface area contributed by atoms with Gasteiger partial charge in [-0.1, -0.05) is 71.7 Å². The molecule has 1 saturated heterocycles. The van der Waals surface area contributed by atoms with Crippen LogP contribution in [0.4, 0.5) is 0 Å². The van der Waals surface area contributed by atoms with Gasteiger partial charge >= 0.3 is 0 Å². The zero-order chi connectivity index (χ0) is 26.5. The minimum absolute atomic E-state index is 0.00390. The fourth-order valence-corrected chi connectivity index (χ4v) is 4.93. The SMILES string of the molecule is O=C(c1ccc(Cl)cc1)c1ccc(CN2CCN(Cc3ccc(C(=O)c4ccc(Cl)cc4)cc3)CC2)cc1. The van der Waals surface area contributed by atoms with Crippen molar-refractivity contribution in [3.8, 4) is 0 Å². The van der Waals surface area contributed by atoms with Gasteiger partial charge in [0.1, 0.15) is 0 Å². The van der Waals surface area contributed by atoms with Crippen LogP contribution >= 0.6 is 23.2 Å². The summed E-state index contributed by atoms with van der Waals surface area (Å²) in [6.07, 6.45) is 0. The molecule has 1 heterocycles. The summed E-state index contributed by atoms with van der Waals surface area (Å²) >= 11 is 11.9. The summed E-state index contributed by atoms with van der Waals surface area (Å²) in [7, 11) is 0. The van der Waals surface area contributed by atoms with Crippen LogP contribution in [0, 0.1) is 0 Å². The smallest absolute Gasteiger partial charge is 0.193 e. The molecule has 0 spiro atoms. The Hall–Kier alpha value is -3.28. The van der Waals surface area contributed by atoms with Gasteiger partial charge in [-0.3, -0.25) is 19.4 Å². The lowest BCUT2D eigenvalue weighted by molar-refractivity contribution is 0.103. The molecule has 0 unspecified atom stereocenters. The normalized spacial score (nSPS) is 14.4. The highest BCUT2D eigenvalue weighted by atomic mass is 35.5. The van der Waals surface area contributed by atoms with Gasteiger partial charge in [0.05, 0.1) is 0 Å². The van der Waals surface area contributed by atoms with Gasteiger partial charge in [0.2, 0.25) is 0 Å². The van der Waals surface area contributed by atoms with E-state index in [1.165, 1.54) is 11.1 Å². The quantitative estimate of drug-likeness (QED) is 0.230. The Morgan fingerprint density at radius 1 is 0.474 bits per heavy atom. The predicted molar refractivity (Wildman–Crippen MR) is 153 cm³/mol. The fraction of sp³-hybridized carbons (Fsp3) is 0.188. The van der Waals surface area contributed by atoms with Gasteiger partial charge in [-0.25, -0.2) is 0 Å². The van der Waals surface area contributed by atoms with E-state index in [0.717, 1.165) is 39.3 Å². The van der Waals surface area contributed by atoms with Crippen LogP contribution in [-0.4, -0.2) is 47.5 Å². The Morgan fingerprint density at radius 3 is 1.03 bits per heavy atom. The second-order valence-electron chi connectivity index (χ2n) is 9.62. The third-order valence-electron chi connectivity index (χ3n) is 6.92. The summed E-state index contributed by atoms with van der Waals surface area (Å²) in [6, 6.07) is 29.8. The first-order valence-corrected chi connectivity index (χ1v) is 13.4. The summed E-state index contributed by atoms with van der Waals surface area (Å²) in [5, 5.41) is 1.24. The van der Waals surface area contributed by atoms with Crippen LogP contribution in [-0.2, 0) is 13.1 Å². The first-order valence-electron chi connectivity index (χ1n) is 12.7. The molecule has 6 heteroatoms. The Morgan fingerprint density at radius 2 is 0.737 bits per heavy atom. The predicted octanol–water partition coefficient (Wildman–Crippen LogP) is 6.77. The van der Waals surface area contributed by atoms with Crippen molar-refractivity contribution in [3.63, 3.8) is 0 Å². The van der Waals surface area contributed by atoms with Gasteiger partial charge in [-0.05, 0) is 59.7 Å². The molecule has 4 aromatic rings. The first kappa shape index (κ1) is 26.3. The number of halogens is 2. The topological polar surface area (TPSA) is 40.6 Å². The third kappa shape index (κ3) is 6.58. The zero-order valence-corrected chi connectivity index (χ0v) is 22.5. The number of carbonyl (C=O) groups is 2. The van der Waals surface area contributed by atoms with Crippen LogP contribution in [0.3, 0.4) is 0 Å². The van der Waals surface area contributed by atoms with Crippen LogP contribution in [0.15, 0.2) is 97.1 Å². The van der Waals surface area contributed by atoms with E-state index < -0.39 is 0 Å². The maximum atomic E-state index is 12.7. The molecule has 1 aliphatic rings. The molecular weight excluding hydrogens is 515 g/mol. The molecule has 0 atom stereocenters. The van der Waals surface area contributed by atoms with Gasteiger partial charge in [-0.15, -0.1) is 0 Å². The lowest BCUT2D eigenvalue weighted by Crippen LogP contribution is -2.45. The average molecular weight is 543 g/mol. The number of carbonyl (C=O) groups excluding carboxylic acids is 2. The number of rotatable bonds is 8. The van der Waals surface area contributed by atoms with E-state index in [0.29, 0.717) is 32.3 Å². The molecule has 0 saturated carbocycles. The van der Waals surface area contributed by atoms with Crippen LogP contribution in [0.2, 0.25) is 10.0 Å². The lowest BCUT2D eigenvalue weighted by Gasteiger charge is -2.34. The molecule has 192 valence electrons. The highest BCUT2D eigenvalue weighted by molar-refractivity contribution is 6.31. The molecule has 0 bridgehead atoms. The Kier molecular flexibility index (Phi) is 8.35. The molecule has 4 aromatic carbocycles.